The molecule has 0 atom stereocenters. The van der Waals surface area contributed by atoms with E-state index in [2.05, 4.69) is 0 Å². The third-order valence-corrected chi connectivity index (χ3v) is 9.26. The minimum Gasteiger partial charge on any atom is -0.854 e. The summed E-state index contributed by atoms with van der Waals surface area (Å²) < 4.78 is 606. The molecule has 0 aliphatic carbocycles. The van der Waals surface area contributed by atoms with Gasteiger partial charge in [0, 0.05) is 0 Å². The maximum absolute atomic E-state index is 13.0. The normalized spacial score (nSPS) is 15.4. The summed E-state index contributed by atoms with van der Waals surface area (Å²) in [5.74, 6) is -184. The average Bonchev–Trinajstić information content (AvgIpc) is 3.30. The minimum atomic E-state index is -8.61. The van der Waals surface area contributed by atoms with E-state index < -0.39 is 162 Å². The number of halogens is 48. The first-order valence-electron chi connectivity index (χ1n) is 18.6. The summed E-state index contributed by atoms with van der Waals surface area (Å²) in [5.41, 5.74) is 0. The van der Waals surface area contributed by atoms with E-state index in [4.69, 9.17) is 0 Å². The molecule has 0 aromatic rings. The summed E-state index contributed by atoms with van der Waals surface area (Å²) in [4.78, 5) is 29.0. The first kappa shape index (κ1) is 91.5. The second-order valence-electron chi connectivity index (χ2n) is 15.0. The van der Waals surface area contributed by atoms with E-state index in [1.165, 1.54) is 0 Å². The van der Waals surface area contributed by atoms with Gasteiger partial charge in [0.25, 0.3) is 0 Å². The number of hydrogen-bond acceptors (Lipinski definition) is 7. The third kappa shape index (κ3) is 13.6. The molecule has 0 spiro atoms. The molecule has 0 N–H and O–H groups in total. The summed E-state index contributed by atoms with van der Waals surface area (Å²) in [6.07, 6.45) is -15.9. The molecule has 0 heterocycles. The zero-order chi connectivity index (χ0) is 72.1. The van der Waals surface area contributed by atoms with Gasteiger partial charge in [0.2, 0.25) is 0 Å². The first-order chi connectivity index (χ1) is 36.6. The fraction of sp³-hybridized carbons (Fsp3) is 0.903. The van der Waals surface area contributed by atoms with E-state index in [1.807, 2.05) is 6.92 Å². The quantitative estimate of drug-likeness (QED) is 0.0620. The second kappa shape index (κ2) is 26.1. The monoisotopic (exact) mass is 1460 g/mol. The van der Waals surface area contributed by atoms with Crippen LogP contribution in [-0.4, -0.2) is 168 Å². The zero-order valence-corrected chi connectivity index (χ0v) is 39.9. The van der Waals surface area contributed by atoms with Gasteiger partial charge < -0.3 is 34.8 Å². The number of carbonyl (C=O) groups excluding carboxylic acids is 3. The van der Waals surface area contributed by atoms with E-state index in [-0.39, 0.29) is 28.3 Å². The molecule has 56 heteroatoms. The van der Waals surface area contributed by atoms with Crippen molar-refractivity contribution in [2.24, 2.45) is 0 Å². The van der Waals surface area contributed by atoms with Crippen molar-refractivity contribution in [3.8, 4) is 0 Å². The zero-order valence-electron chi connectivity index (χ0n) is 38.4. The molecule has 0 saturated carbocycles. The van der Waals surface area contributed by atoms with Crippen molar-refractivity contribution in [1.29, 1.82) is 0 Å². The number of alkyl halides is 48. The van der Waals surface area contributed by atoms with Crippen LogP contribution >= 0.6 is 0 Å². The molecule has 0 rings (SSSR count). The van der Waals surface area contributed by atoms with E-state index in [1.54, 1.807) is 0 Å². The third-order valence-electron chi connectivity index (χ3n) is 9.26. The molecule has 0 aliphatic heterocycles. The van der Waals surface area contributed by atoms with Gasteiger partial charge in [-0.1, -0.05) is 19.8 Å². The molecule has 0 bridgehead atoms. The van der Waals surface area contributed by atoms with Crippen molar-refractivity contribution >= 4 is 17.9 Å². The van der Waals surface area contributed by atoms with E-state index in [0.29, 0.717) is 0 Å². The summed E-state index contributed by atoms with van der Waals surface area (Å²) in [6, 6.07) is 0. The molecule has 0 fully saturated rings. The number of carboxylic acid groups (broad SMARTS) is 3. The van der Waals surface area contributed by atoms with Gasteiger partial charge in [0.15, 0.2) is 0 Å². The van der Waals surface area contributed by atoms with Crippen LogP contribution in [0.2, 0.25) is 0 Å². The summed E-state index contributed by atoms with van der Waals surface area (Å²) in [7, 11) is 0. The Hall–Kier alpha value is -4.28. The van der Waals surface area contributed by atoms with E-state index in [0.717, 1.165) is 12.8 Å². The standard InChI is InChI=1S/3C9H2F16O2.C4H9O.Ti/c3*10-1(11)3(12,13)5(16,17)7(20,21)9(24,25)8(22,23)6(18,19)4(14,15)2(26)27;1-2-3-4-5;/h3*1H,(H,26,27);2-4H2,1H3;/q;;;-1;+4/p-3. The average molecular weight is 1460 g/mol. The van der Waals surface area contributed by atoms with Crippen LogP contribution < -0.4 is 20.4 Å². The maximum atomic E-state index is 13.0. The van der Waals surface area contributed by atoms with Crippen LogP contribution in [-0.2, 0) is 36.1 Å². The Morgan fingerprint density at radius 3 is 0.460 bits per heavy atom. The van der Waals surface area contributed by atoms with Crippen molar-refractivity contribution in [1.82, 2.24) is 0 Å². The molecule has 87 heavy (non-hydrogen) atoms. The fourth-order valence-electron chi connectivity index (χ4n) is 3.93. The molecular weight excluding hydrogens is 1440 g/mol. The number of unbranched alkanes of at least 4 members (excludes halogenated alkanes) is 1. The smallest absolute Gasteiger partial charge is 0.854 e. The first-order valence-corrected chi connectivity index (χ1v) is 18.6. The molecule has 0 unspecified atom stereocenters. The SMILES string of the molecule is CCCC[O-].O=C([O-])C(F)(F)C(F)(F)C(F)(F)C(F)(F)C(F)(F)C(F)(F)C(F)(F)C(F)F.O=C([O-])C(F)(F)C(F)(F)C(F)(F)C(F)(F)C(F)(F)C(F)(F)C(F)(F)C(F)F.O=C([O-])C(F)(F)C(F)(F)C(F)(F)C(F)(F)C(F)(F)C(F)(F)C(F)(F)C(F)F.[Ti+4]. The predicted molar refractivity (Wildman–Crippen MR) is 157 cm³/mol. The Labute approximate surface area is 455 Å². The number of rotatable bonds is 26. The van der Waals surface area contributed by atoms with Crippen molar-refractivity contribution in [3.05, 3.63) is 0 Å². The van der Waals surface area contributed by atoms with Crippen molar-refractivity contribution < 1.29 is 267 Å². The van der Waals surface area contributed by atoms with Crippen LogP contribution in [0.3, 0.4) is 0 Å². The van der Waals surface area contributed by atoms with Crippen molar-refractivity contribution in [3.63, 3.8) is 0 Å². The maximum Gasteiger partial charge on any atom is 4.00 e. The largest absolute Gasteiger partial charge is 4.00 e. The van der Waals surface area contributed by atoms with Gasteiger partial charge in [-0.15, -0.1) is 6.61 Å². The van der Waals surface area contributed by atoms with E-state index >= 15 is 0 Å². The number of aliphatic carboxylic acids is 3. The van der Waals surface area contributed by atoms with Gasteiger partial charge in [0.1, 0.15) is 17.9 Å². The molecular formula is C31H12F48O7Ti. The molecule has 0 amide bonds. The van der Waals surface area contributed by atoms with Crippen LogP contribution in [0.1, 0.15) is 19.8 Å². The van der Waals surface area contributed by atoms with Gasteiger partial charge in [-0.25, -0.2) is 26.3 Å². The topological polar surface area (TPSA) is 143 Å². The summed E-state index contributed by atoms with van der Waals surface area (Å²) in [5, 5.41) is 38.5. The van der Waals surface area contributed by atoms with Crippen molar-refractivity contribution in [2.45, 2.75) is 163 Å². The molecule has 0 aliphatic rings. The van der Waals surface area contributed by atoms with Crippen LogP contribution in [0.25, 0.3) is 0 Å². The van der Waals surface area contributed by atoms with Crippen LogP contribution in [0.4, 0.5) is 211 Å². The van der Waals surface area contributed by atoms with Crippen molar-refractivity contribution in [2.75, 3.05) is 6.61 Å². The molecule has 0 saturated heterocycles. The van der Waals surface area contributed by atoms with Gasteiger partial charge in [0.05, 0.1) is 0 Å². The van der Waals surface area contributed by atoms with Gasteiger partial charge >= 0.3 is 165 Å². The Morgan fingerprint density at radius 1 is 0.264 bits per heavy atom. The Bertz CT molecular complexity index is 2050. The summed E-state index contributed by atoms with van der Waals surface area (Å²) in [6.45, 7) is 2.11. The molecule has 0 aromatic carbocycles. The van der Waals surface area contributed by atoms with Gasteiger partial charge in [-0.05, 0) is 0 Å². The summed E-state index contributed by atoms with van der Waals surface area (Å²) >= 11 is 0. The molecule has 7 nitrogen and oxygen atoms in total. The Kier molecular flexibility index (Phi) is 27.5. The number of hydrogen-bond donors (Lipinski definition) is 0. The second-order valence-corrected chi connectivity index (χ2v) is 15.0. The van der Waals surface area contributed by atoms with E-state index in [9.17, 15) is 246 Å². The predicted octanol–water partition coefficient (Wildman–Crippen LogP) is 10.5. The molecule has 518 valence electrons. The van der Waals surface area contributed by atoms with Crippen LogP contribution in [0, 0.1) is 0 Å². The molecule has 0 radical (unpaired) electrons. The van der Waals surface area contributed by atoms with Gasteiger partial charge in [-0.2, -0.15) is 184 Å². The Morgan fingerprint density at radius 2 is 0.379 bits per heavy atom. The van der Waals surface area contributed by atoms with Gasteiger partial charge in [-0.3, -0.25) is 0 Å². The minimum absolute atomic E-state index is 0. The molecule has 0 aromatic heterocycles. The Balaban J connectivity index is -0.000000369. The van der Waals surface area contributed by atoms with Crippen LogP contribution in [0.15, 0.2) is 0 Å². The number of carboxylic acids is 3. The fourth-order valence-corrected chi connectivity index (χ4v) is 3.93. The van der Waals surface area contributed by atoms with Crippen LogP contribution in [0.5, 0.6) is 0 Å². The number of carbonyl (C=O) groups is 3.